The van der Waals surface area contributed by atoms with Crippen LogP contribution in [0.15, 0.2) is 22.0 Å². The molecule has 0 aromatic carbocycles. The van der Waals surface area contributed by atoms with E-state index >= 15 is 0 Å². The lowest BCUT2D eigenvalue weighted by Crippen LogP contribution is -1.86. The van der Waals surface area contributed by atoms with Crippen LogP contribution in [0.1, 0.15) is 12.8 Å². The largest absolute Gasteiger partial charge is 0.206 e. The van der Waals surface area contributed by atoms with E-state index in [1.807, 2.05) is 0 Å². The van der Waals surface area contributed by atoms with Gasteiger partial charge in [-0.25, -0.2) is 4.39 Å². The van der Waals surface area contributed by atoms with Crippen LogP contribution in [-0.4, -0.2) is 0 Å². The van der Waals surface area contributed by atoms with E-state index in [2.05, 4.69) is 0 Å². The van der Waals surface area contributed by atoms with Gasteiger partial charge in [0.15, 0.2) is 0 Å². The summed E-state index contributed by atoms with van der Waals surface area (Å²) in [6.45, 7) is 0. The Balaban J connectivity index is 2.83. The maximum absolute atomic E-state index is 12.4. The molecule has 0 N–H and O–H groups in total. The van der Waals surface area contributed by atoms with E-state index in [0.29, 0.717) is 17.9 Å². The molecule has 0 nitrogen and oxygen atoms in total. The lowest BCUT2D eigenvalue weighted by Gasteiger charge is -2.04. The van der Waals surface area contributed by atoms with Gasteiger partial charge in [-0.15, -0.1) is 0 Å². The van der Waals surface area contributed by atoms with Gasteiger partial charge in [-0.1, -0.05) is 23.2 Å². The highest BCUT2D eigenvalue weighted by molar-refractivity contribution is 6.32. The molecule has 0 unspecified atom stereocenters. The SMILES string of the molecule is FC1=C(Cl)CCC(Cl)=C1. The van der Waals surface area contributed by atoms with Gasteiger partial charge in [-0.2, -0.15) is 0 Å². The second-order valence-electron chi connectivity index (χ2n) is 1.84. The number of hydrogen-bond donors (Lipinski definition) is 0. The van der Waals surface area contributed by atoms with Gasteiger partial charge in [-0.3, -0.25) is 0 Å². The molecule has 0 atom stereocenters. The van der Waals surface area contributed by atoms with E-state index in [4.69, 9.17) is 23.2 Å². The van der Waals surface area contributed by atoms with E-state index < -0.39 is 5.83 Å². The van der Waals surface area contributed by atoms with Crippen LogP contribution in [0.2, 0.25) is 0 Å². The van der Waals surface area contributed by atoms with Crippen molar-refractivity contribution < 1.29 is 4.39 Å². The molecule has 0 saturated heterocycles. The molecule has 9 heavy (non-hydrogen) atoms. The Morgan fingerprint density at radius 3 is 2.44 bits per heavy atom. The summed E-state index contributed by atoms with van der Waals surface area (Å²) in [5.41, 5.74) is 0. The van der Waals surface area contributed by atoms with Crippen LogP contribution >= 0.6 is 23.2 Å². The minimum Gasteiger partial charge on any atom is -0.206 e. The summed E-state index contributed by atoms with van der Waals surface area (Å²) < 4.78 is 12.4. The molecule has 0 saturated carbocycles. The van der Waals surface area contributed by atoms with E-state index in [-0.39, 0.29) is 5.03 Å². The molecular weight excluding hydrogens is 162 g/mol. The van der Waals surface area contributed by atoms with Crippen LogP contribution in [0.4, 0.5) is 4.39 Å². The first kappa shape index (κ1) is 7.10. The molecule has 1 aliphatic rings. The minimum absolute atomic E-state index is 0.277. The van der Waals surface area contributed by atoms with Gasteiger partial charge in [0.25, 0.3) is 0 Å². The van der Waals surface area contributed by atoms with Crippen LogP contribution in [0.3, 0.4) is 0 Å². The molecular formula is C6H5Cl2F. The average Bonchev–Trinajstić information content (AvgIpc) is 1.80. The molecule has 0 fully saturated rings. The predicted molar refractivity (Wildman–Crippen MR) is 37.2 cm³/mol. The number of rotatable bonds is 0. The summed E-state index contributed by atoms with van der Waals surface area (Å²) in [6.07, 6.45) is 2.45. The third-order valence-corrected chi connectivity index (χ3v) is 1.79. The van der Waals surface area contributed by atoms with E-state index in [9.17, 15) is 4.39 Å². The zero-order valence-corrected chi connectivity index (χ0v) is 6.14. The van der Waals surface area contributed by atoms with Crippen LogP contribution in [-0.2, 0) is 0 Å². The third kappa shape index (κ3) is 1.70. The van der Waals surface area contributed by atoms with Crippen LogP contribution < -0.4 is 0 Å². The first-order chi connectivity index (χ1) is 4.20. The molecule has 0 heterocycles. The minimum atomic E-state index is -0.395. The molecule has 50 valence electrons. The summed E-state index contributed by atoms with van der Waals surface area (Å²) in [5.74, 6) is -0.395. The summed E-state index contributed by atoms with van der Waals surface area (Å²) in [4.78, 5) is 0. The van der Waals surface area contributed by atoms with Gasteiger partial charge in [-0.05, 0) is 18.9 Å². The van der Waals surface area contributed by atoms with E-state index in [0.717, 1.165) is 0 Å². The second kappa shape index (κ2) is 2.72. The van der Waals surface area contributed by atoms with E-state index in [1.54, 1.807) is 0 Å². The zero-order valence-electron chi connectivity index (χ0n) is 4.63. The lowest BCUT2D eigenvalue weighted by molar-refractivity contribution is 0.646. The third-order valence-electron chi connectivity index (χ3n) is 1.13. The van der Waals surface area contributed by atoms with Crippen molar-refractivity contribution in [3.8, 4) is 0 Å². The van der Waals surface area contributed by atoms with Crippen LogP contribution in [0, 0.1) is 0 Å². The van der Waals surface area contributed by atoms with Gasteiger partial charge < -0.3 is 0 Å². The Morgan fingerprint density at radius 2 is 2.00 bits per heavy atom. The first-order valence-electron chi connectivity index (χ1n) is 2.60. The lowest BCUT2D eigenvalue weighted by atomic mass is 10.2. The van der Waals surface area contributed by atoms with Crippen molar-refractivity contribution >= 4 is 23.2 Å². The van der Waals surface area contributed by atoms with Crippen molar-refractivity contribution in [2.75, 3.05) is 0 Å². The molecule has 0 bridgehead atoms. The summed E-state index contributed by atoms with van der Waals surface area (Å²) in [5, 5.41) is 0.816. The number of halogens is 3. The monoisotopic (exact) mass is 166 g/mol. The normalized spacial score (nSPS) is 20.1. The van der Waals surface area contributed by atoms with Crippen molar-refractivity contribution in [1.82, 2.24) is 0 Å². The smallest absolute Gasteiger partial charge is 0.138 e. The number of hydrogen-bond acceptors (Lipinski definition) is 0. The number of allylic oxidation sites excluding steroid dienone is 4. The molecule has 1 rings (SSSR count). The molecule has 3 heteroatoms. The first-order valence-corrected chi connectivity index (χ1v) is 3.36. The summed E-state index contributed by atoms with van der Waals surface area (Å²) in [6, 6.07) is 0. The van der Waals surface area contributed by atoms with E-state index in [1.165, 1.54) is 6.08 Å². The van der Waals surface area contributed by atoms with Crippen molar-refractivity contribution in [3.05, 3.63) is 22.0 Å². The fourth-order valence-corrected chi connectivity index (χ4v) is 0.976. The molecule has 0 aromatic rings. The van der Waals surface area contributed by atoms with Crippen molar-refractivity contribution in [3.63, 3.8) is 0 Å². The fourth-order valence-electron chi connectivity index (χ4n) is 0.637. The summed E-state index contributed by atoms with van der Waals surface area (Å²) in [7, 11) is 0. The highest BCUT2D eigenvalue weighted by Gasteiger charge is 2.08. The van der Waals surface area contributed by atoms with Crippen LogP contribution in [0.25, 0.3) is 0 Å². The average molecular weight is 167 g/mol. The predicted octanol–water partition coefficient (Wildman–Crippen LogP) is 3.32. The standard InChI is InChI=1S/C6H5Cl2F/c7-4-1-2-5(8)6(9)3-4/h3H,1-2H2. The quantitative estimate of drug-likeness (QED) is 0.519. The van der Waals surface area contributed by atoms with Crippen LogP contribution in [0.5, 0.6) is 0 Å². The van der Waals surface area contributed by atoms with Gasteiger partial charge in [0, 0.05) is 5.03 Å². The Morgan fingerprint density at radius 1 is 1.33 bits per heavy atom. The van der Waals surface area contributed by atoms with Gasteiger partial charge in [0.2, 0.25) is 0 Å². The zero-order chi connectivity index (χ0) is 6.85. The van der Waals surface area contributed by atoms with Gasteiger partial charge >= 0.3 is 0 Å². The topological polar surface area (TPSA) is 0 Å². The van der Waals surface area contributed by atoms with Crippen molar-refractivity contribution in [1.29, 1.82) is 0 Å². The highest BCUT2D eigenvalue weighted by atomic mass is 35.5. The van der Waals surface area contributed by atoms with Crippen molar-refractivity contribution in [2.45, 2.75) is 12.8 Å². The Hall–Kier alpha value is -0.0100. The molecule has 0 spiro atoms. The highest BCUT2D eigenvalue weighted by Crippen LogP contribution is 2.28. The molecule has 0 aliphatic heterocycles. The van der Waals surface area contributed by atoms with Gasteiger partial charge in [0.05, 0.1) is 5.03 Å². The molecule has 0 aromatic heterocycles. The van der Waals surface area contributed by atoms with Crippen molar-refractivity contribution in [2.24, 2.45) is 0 Å². The maximum atomic E-state index is 12.4. The Kier molecular flexibility index (Phi) is 2.14. The second-order valence-corrected chi connectivity index (χ2v) is 2.79. The fraction of sp³-hybridized carbons (Fsp3) is 0.333. The summed E-state index contributed by atoms with van der Waals surface area (Å²) >= 11 is 10.9. The Bertz CT molecular complexity index is 181. The molecule has 1 aliphatic carbocycles. The van der Waals surface area contributed by atoms with Gasteiger partial charge in [0.1, 0.15) is 5.83 Å². The molecule has 0 amide bonds. The Labute approximate surface area is 63.0 Å². The maximum Gasteiger partial charge on any atom is 0.138 e. The molecule has 0 radical (unpaired) electrons.